The maximum Gasteiger partial charge on any atom is 0.243 e. The van der Waals surface area contributed by atoms with Crippen molar-refractivity contribution >= 4 is 5.91 Å². The van der Waals surface area contributed by atoms with Crippen molar-refractivity contribution < 1.29 is 4.79 Å². The molecule has 3 heterocycles. The van der Waals surface area contributed by atoms with Crippen LogP contribution in [0.5, 0.6) is 0 Å². The Morgan fingerprint density at radius 1 is 1.04 bits per heavy atom. The highest BCUT2D eigenvalue weighted by Gasteiger charge is 2.54. The zero-order valence-electron chi connectivity index (χ0n) is 13.9. The van der Waals surface area contributed by atoms with Gasteiger partial charge in [-0.3, -0.25) is 14.7 Å². The average Bonchev–Trinajstić information content (AvgIpc) is 3.15. The Morgan fingerprint density at radius 2 is 1.83 bits per heavy atom. The van der Waals surface area contributed by atoms with Gasteiger partial charge in [-0.2, -0.15) is 0 Å². The van der Waals surface area contributed by atoms with Gasteiger partial charge in [0.2, 0.25) is 5.91 Å². The Labute approximate surface area is 138 Å². The Bertz CT molecular complexity index is 555. The Hall–Kier alpha value is -1.42. The quantitative estimate of drug-likeness (QED) is 0.861. The summed E-state index contributed by atoms with van der Waals surface area (Å²) in [5, 5.41) is 0. The molecule has 1 aromatic heterocycles. The summed E-state index contributed by atoms with van der Waals surface area (Å²) >= 11 is 0. The number of nitrogens with zero attached hydrogens (tertiary/aromatic N) is 3. The van der Waals surface area contributed by atoms with Gasteiger partial charge in [-0.05, 0) is 56.3 Å². The highest BCUT2D eigenvalue weighted by atomic mass is 16.2. The van der Waals surface area contributed by atoms with E-state index in [1.165, 1.54) is 37.7 Å². The lowest BCUT2D eigenvalue weighted by atomic mass is 9.92. The summed E-state index contributed by atoms with van der Waals surface area (Å²) in [5.74, 6) is 0.427. The first-order chi connectivity index (χ1) is 11.3. The second-order valence-corrected chi connectivity index (χ2v) is 7.45. The number of aromatic nitrogens is 1. The van der Waals surface area contributed by atoms with Crippen molar-refractivity contribution in [2.24, 2.45) is 0 Å². The van der Waals surface area contributed by atoms with E-state index in [-0.39, 0.29) is 5.54 Å². The van der Waals surface area contributed by atoms with Gasteiger partial charge in [0, 0.05) is 31.5 Å². The molecule has 1 atom stereocenters. The molecule has 0 radical (unpaired) electrons. The molecule has 1 saturated carbocycles. The third-order valence-corrected chi connectivity index (χ3v) is 6.19. The number of hydrogen-bond acceptors (Lipinski definition) is 3. The molecule has 1 unspecified atom stereocenters. The summed E-state index contributed by atoms with van der Waals surface area (Å²) in [6.07, 6.45) is 13.3. The lowest BCUT2D eigenvalue weighted by Gasteiger charge is -2.36. The summed E-state index contributed by atoms with van der Waals surface area (Å²) in [5.41, 5.74) is 1.06. The van der Waals surface area contributed by atoms with Crippen LogP contribution in [0.25, 0.3) is 0 Å². The predicted octanol–water partition coefficient (Wildman–Crippen LogP) is 2.98. The van der Waals surface area contributed by atoms with E-state index in [1.807, 2.05) is 12.4 Å². The molecule has 1 aromatic rings. The molecule has 3 aliphatic rings. The maximum atomic E-state index is 13.3. The molecule has 1 spiro atoms. The molecule has 23 heavy (non-hydrogen) atoms. The van der Waals surface area contributed by atoms with Crippen LogP contribution in [0.2, 0.25) is 0 Å². The third kappa shape index (κ3) is 2.67. The van der Waals surface area contributed by atoms with Crippen molar-refractivity contribution in [3.05, 3.63) is 30.1 Å². The van der Waals surface area contributed by atoms with Crippen molar-refractivity contribution in [1.82, 2.24) is 14.8 Å². The first-order valence-corrected chi connectivity index (χ1v) is 9.25. The molecule has 0 aromatic carbocycles. The lowest BCUT2D eigenvalue weighted by Crippen LogP contribution is -2.51. The van der Waals surface area contributed by atoms with Gasteiger partial charge >= 0.3 is 0 Å². The van der Waals surface area contributed by atoms with E-state index in [4.69, 9.17) is 0 Å². The number of rotatable bonds is 3. The lowest BCUT2D eigenvalue weighted by molar-refractivity contribution is -0.139. The first kappa shape index (κ1) is 15.1. The highest BCUT2D eigenvalue weighted by molar-refractivity contribution is 5.89. The predicted molar refractivity (Wildman–Crippen MR) is 89.8 cm³/mol. The zero-order chi connectivity index (χ0) is 15.7. The number of carbonyl (C=O) groups is 1. The van der Waals surface area contributed by atoms with Crippen LogP contribution in [0.1, 0.15) is 56.9 Å². The van der Waals surface area contributed by atoms with Gasteiger partial charge in [0.05, 0.1) is 0 Å². The molecular weight excluding hydrogens is 286 g/mol. The second kappa shape index (κ2) is 6.23. The van der Waals surface area contributed by atoms with Gasteiger partial charge in [0.15, 0.2) is 0 Å². The molecule has 0 N–H and O–H groups in total. The summed E-state index contributed by atoms with van der Waals surface area (Å²) < 4.78 is 0. The van der Waals surface area contributed by atoms with Crippen LogP contribution in [0.15, 0.2) is 24.5 Å². The van der Waals surface area contributed by atoms with E-state index >= 15 is 0 Å². The van der Waals surface area contributed by atoms with Gasteiger partial charge in [-0.1, -0.05) is 19.3 Å². The fraction of sp³-hybridized carbons (Fsp3) is 0.684. The van der Waals surface area contributed by atoms with Gasteiger partial charge in [0.1, 0.15) is 5.54 Å². The van der Waals surface area contributed by atoms with Crippen LogP contribution in [-0.2, 0) is 11.3 Å². The van der Waals surface area contributed by atoms with E-state index in [1.54, 1.807) is 0 Å². The van der Waals surface area contributed by atoms with Crippen molar-refractivity contribution in [1.29, 1.82) is 0 Å². The van der Waals surface area contributed by atoms with Gasteiger partial charge in [-0.15, -0.1) is 0 Å². The Kier molecular flexibility index (Phi) is 4.10. The second-order valence-electron chi connectivity index (χ2n) is 7.45. The summed E-state index contributed by atoms with van der Waals surface area (Å²) in [6, 6.07) is 4.66. The molecule has 2 aliphatic heterocycles. The number of pyridine rings is 1. The molecule has 2 saturated heterocycles. The average molecular weight is 313 g/mol. The number of amides is 1. The molecule has 4 heteroatoms. The minimum Gasteiger partial charge on any atom is -0.338 e. The van der Waals surface area contributed by atoms with Gasteiger partial charge in [0.25, 0.3) is 0 Å². The zero-order valence-corrected chi connectivity index (χ0v) is 13.9. The molecule has 3 fully saturated rings. The molecule has 4 nitrogen and oxygen atoms in total. The summed E-state index contributed by atoms with van der Waals surface area (Å²) in [7, 11) is 0. The van der Waals surface area contributed by atoms with Crippen molar-refractivity contribution in [2.75, 3.05) is 13.1 Å². The van der Waals surface area contributed by atoms with Crippen LogP contribution in [0, 0.1) is 0 Å². The molecule has 1 amide bonds. The molecule has 0 bridgehead atoms. The number of carbonyl (C=O) groups excluding carboxylic acids is 1. The normalized spacial score (nSPS) is 29.7. The summed E-state index contributed by atoms with van der Waals surface area (Å²) in [6.45, 7) is 2.90. The summed E-state index contributed by atoms with van der Waals surface area (Å²) in [4.78, 5) is 22.1. The molecule has 124 valence electrons. The molecular formula is C19H27N3O. The van der Waals surface area contributed by atoms with E-state index < -0.39 is 0 Å². The monoisotopic (exact) mass is 313 g/mol. The van der Waals surface area contributed by atoms with E-state index in [2.05, 4.69) is 26.9 Å². The SMILES string of the molecule is O=C1N(C2CCCCC2)CCC12CCCN2Cc1ccncc1. The highest BCUT2D eigenvalue weighted by Crippen LogP contribution is 2.41. The minimum absolute atomic E-state index is 0.208. The number of likely N-dealkylation sites (tertiary alicyclic amines) is 2. The fourth-order valence-corrected chi connectivity index (χ4v) is 4.92. The first-order valence-electron chi connectivity index (χ1n) is 9.25. The van der Waals surface area contributed by atoms with E-state index in [0.29, 0.717) is 11.9 Å². The number of hydrogen-bond donors (Lipinski definition) is 0. The van der Waals surface area contributed by atoms with Crippen LogP contribution in [0.4, 0.5) is 0 Å². The van der Waals surface area contributed by atoms with Gasteiger partial charge in [-0.25, -0.2) is 0 Å². The van der Waals surface area contributed by atoms with E-state index in [0.717, 1.165) is 38.9 Å². The van der Waals surface area contributed by atoms with Crippen LogP contribution >= 0.6 is 0 Å². The van der Waals surface area contributed by atoms with Crippen LogP contribution < -0.4 is 0 Å². The molecule has 1 aliphatic carbocycles. The fourth-order valence-electron chi connectivity index (χ4n) is 4.92. The third-order valence-electron chi connectivity index (χ3n) is 6.19. The minimum atomic E-state index is -0.208. The van der Waals surface area contributed by atoms with Crippen molar-refractivity contribution in [2.45, 2.75) is 69.5 Å². The Balaban J connectivity index is 1.51. The largest absolute Gasteiger partial charge is 0.338 e. The van der Waals surface area contributed by atoms with Crippen molar-refractivity contribution in [3.8, 4) is 0 Å². The molecule has 4 rings (SSSR count). The topological polar surface area (TPSA) is 36.4 Å². The van der Waals surface area contributed by atoms with Crippen molar-refractivity contribution in [3.63, 3.8) is 0 Å². The smallest absolute Gasteiger partial charge is 0.243 e. The van der Waals surface area contributed by atoms with Crippen LogP contribution in [-0.4, -0.2) is 45.4 Å². The van der Waals surface area contributed by atoms with E-state index in [9.17, 15) is 4.79 Å². The Morgan fingerprint density at radius 3 is 2.61 bits per heavy atom. The van der Waals surface area contributed by atoms with Crippen LogP contribution in [0.3, 0.4) is 0 Å². The standard InChI is InChI=1S/C19H27N3O/c23-18-19(10-14-22(18)17-5-2-1-3-6-17)9-4-13-21(19)15-16-7-11-20-12-8-16/h7-8,11-12,17H,1-6,9-10,13-15H2. The van der Waals surface area contributed by atoms with Gasteiger partial charge < -0.3 is 4.90 Å². The maximum absolute atomic E-state index is 13.3.